The molecule has 1 aromatic carbocycles. The molecule has 0 radical (unpaired) electrons. The van der Waals surface area contributed by atoms with Crippen molar-refractivity contribution in [2.24, 2.45) is 0 Å². The second kappa shape index (κ2) is 11.4. The van der Waals surface area contributed by atoms with Crippen LogP contribution in [0.2, 0.25) is 0 Å². The number of carbonyl (C=O) groups excluding carboxylic acids is 1. The third-order valence-corrected chi connectivity index (χ3v) is 6.45. The monoisotopic (exact) mass is 532 g/mol. The molecular formula is C26H27F3N4O5. The molecule has 0 aliphatic carbocycles. The summed E-state index contributed by atoms with van der Waals surface area (Å²) >= 11 is 0. The van der Waals surface area contributed by atoms with Crippen LogP contribution in [0.1, 0.15) is 40.2 Å². The fraction of sp³-hybridized carbons (Fsp3) is 0.385. The fourth-order valence-corrected chi connectivity index (χ4v) is 4.26. The van der Waals surface area contributed by atoms with Gasteiger partial charge in [-0.15, -0.1) is 5.10 Å². The number of carbonyl (C=O) groups is 1. The van der Waals surface area contributed by atoms with E-state index in [2.05, 4.69) is 20.5 Å². The highest BCUT2D eigenvalue weighted by molar-refractivity contribution is 6.04. The lowest BCUT2D eigenvalue weighted by Gasteiger charge is -2.35. The molecule has 1 aliphatic heterocycles. The first-order valence-electron chi connectivity index (χ1n) is 11.9. The van der Waals surface area contributed by atoms with Gasteiger partial charge in [-0.1, -0.05) is 6.07 Å². The number of ether oxygens (including phenoxy) is 2. The minimum atomic E-state index is -4.73. The van der Waals surface area contributed by atoms with Crippen LogP contribution in [-0.4, -0.2) is 64.3 Å². The minimum absolute atomic E-state index is 0.0279. The summed E-state index contributed by atoms with van der Waals surface area (Å²) in [5.74, 6) is -0.508. The van der Waals surface area contributed by atoms with Gasteiger partial charge in [-0.05, 0) is 60.7 Å². The normalized spacial score (nSPS) is 15.2. The van der Waals surface area contributed by atoms with Crippen LogP contribution < -0.4 is 10.1 Å². The predicted octanol–water partition coefficient (Wildman–Crippen LogP) is 3.53. The number of rotatable bonds is 8. The van der Waals surface area contributed by atoms with Gasteiger partial charge < -0.3 is 25.0 Å². The number of aliphatic hydroxyl groups excluding tert-OH is 2. The van der Waals surface area contributed by atoms with Crippen molar-refractivity contribution in [3.8, 4) is 17.0 Å². The molecular weight excluding hydrogens is 505 g/mol. The number of anilines is 1. The Morgan fingerprint density at radius 3 is 2.61 bits per heavy atom. The number of pyridine rings is 1. The fourth-order valence-electron chi connectivity index (χ4n) is 4.26. The van der Waals surface area contributed by atoms with E-state index in [4.69, 9.17) is 9.47 Å². The smallest absolute Gasteiger partial charge is 0.435 e. The molecule has 38 heavy (non-hydrogen) atoms. The Balaban J connectivity index is 1.69. The molecule has 0 spiro atoms. The number of nitrogens with zero attached hydrogens (tertiary/aromatic N) is 3. The summed E-state index contributed by atoms with van der Waals surface area (Å²) < 4.78 is 50.1. The van der Waals surface area contributed by atoms with Crippen LogP contribution in [-0.2, 0) is 16.3 Å². The number of halogens is 3. The molecule has 3 heterocycles. The van der Waals surface area contributed by atoms with Crippen molar-refractivity contribution in [1.29, 1.82) is 0 Å². The van der Waals surface area contributed by atoms with Crippen molar-refractivity contribution >= 4 is 11.6 Å². The van der Waals surface area contributed by atoms with Crippen LogP contribution in [0.4, 0.5) is 18.9 Å². The largest absolute Gasteiger partial charge is 0.475 e. The molecule has 3 aromatic rings. The van der Waals surface area contributed by atoms with Crippen LogP contribution in [0.3, 0.4) is 0 Å². The molecule has 0 bridgehead atoms. The standard InChI is InChI=1S/C26H27F3N4O5/c1-16-2-3-19(31-24(36)18-11-22(26(27,28)29)33-30-14-18)13-20(16)17-10-21(32-23(12-17)38-9-6-34)25(15-35)4-7-37-8-5-25/h2-3,10-14,34-35H,4-9,15H2,1H3,(H,31,36). The van der Waals surface area contributed by atoms with Crippen molar-refractivity contribution in [2.45, 2.75) is 31.4 Å². The summed E-state index contributed by atoms with van der Waals surface area (Å²) in [4.78, 5) is 17.3. The third kappa shape index (κ3) is 6.09. The lowest BCUT2D eigenvalue weighted by Crippen LogP contribution is -2.38. The summed E-state index contributed by atoms with van der Waals surface area (Å²) in [6, 6.07) is 9.27. The van der Waals surface area contributed by atoms with E-state index in [1.54, 1.807) is 24.3 Å². The van der Waals surface area contributed by atoms with Crippen LogP contribution in [0, 0.1) is 6.92 Å². The maximum absolute atomic E-state index is 13.0. The molecule has 1 saturated heterocycles. The SMILES string of the molecule is Cc1ccc(NC(=O)c2cnnc(C(F)(F)F)c2)cc1-c1cc(OCCO)nc(C2(CO)CCOCC2)c1. The van der Waals surface area contributed by atoms with Crippen molar-refractivity contribution < 1.29 is 37.7 Å². The zero-order chi connectivity index (χ0) is 27.3. The number of nitrogens with one attached hydrogen (secondary N) is 1. The van der Waals surface area contributed by atoms with E-state index in [9.17, 15) is 28.2 Å². The van der Waals surface area contributed by atoms with Gasteiger partial charge in [0.25, 0.3) is 5.91 Å². The Hall–Kier alpha value is -3.61. The lowest BCUT2D eigenvalue weighted by molar-refractivity contribution is -0.141. The van der Waals surface area contributed by atoms with Gasteiger partial charge in [0.1, 0.15) is 6.61 Å². The van der Waals surface area contributed by atoms with Gasteiger partial charge >= 0.3 is 6.18 Å². The molecule has 0 unspecified atom stereocenters. The van der Waals surface area contributed by atoms with E-state index in [-0.39, 0.29) is 31.3 Å². The summed E-state index contributed by atoms with van der Waals surface area (Å²) in [7, 11) is 0. The molecule has 9 nitrogen and oxygen atoms in total. The van der Waals surface area contributed by atoms with Crippen LogP contribution in [0.5, 0.6) is 5.88 Å². The number of aryl methyl sites for hydroxylation is 1. The number of benzene rings is 1. The number of hydrogen-bond donors (Lipinski definition) is 3. The lowest BCUT2D eigenvalue weighted by atomic mass is 9.77. The van der Waals surface area contributed by atoms with Crippen LogP contribution in [0.25, 0.3) is 11.1 Å². The van der Waals surface area contributed by atoms with Gasteiger partial charge in [0.15, 0.2) is 5.69 Å². The topological polar surface area (TPSA) is 127 Å². The Kier molecular flexibility index (Phi) is 8.24. The Morgan fingerprint density at radius 2 is 1.92 bits per heavy atom. The van der Waals surface area contributed by atoms with Crippen molar-refractivity contribution in [3.63, 3.8) is 0 Å². The van der Waals surface area contributed by atoms with E-state index in [0.717, 1.165) is 11.8 Å². The van der Waals surface area contributed by atoms with Crippen LogP contribution in [0.15, 0.2) is 42.6 Å². The molecule has 12 heteroatoms. The zero-order valence-electron chi connectivity index (χ0n) is 20.6. The number of aromatic nitrogens is 3. The second-order valence-corrected chi connectivity index (χ2v) is 9.01. The quantitative estimate of drug-likeness (QED) is 0.402. The first-order valence-corrected chi connectivity index (χ1v) is 11.9. The van der Waals surface area contributed by atoms with Gasteiger partial charge in [-0.25, -0.2) is 4.98 Å². The van der Waals surface area contributed by atoms with E-state index in [0.29, 0.717) is 54.6 Å². The molecule has 0 saturated carbocycles. The molecule has 0 atom stereocenters. The molecule has 1 aliphatic rings. The summed E-state index contributed by atoms with van der Waals surface area (Å²) in [6.07, 6.45) is -2.64. The molecule has 1 amide bonds. The number of alkyl halides is 3. The van der Waals surface area contributed by atoms with Gasteiger partial charge in [0.05, 0.1) is 30.7 Å². The Labute approximate surface area is 216 Å². The van der Waals surface area contributed by atoms with Gasteiger partial charge in [0.2, 0.25) is 5.88 Å². The first-order chi connectivity index (χ1) is 18.1. The maximum atomic E-state index is 13.0. The molecule has 1 fully saturated rings. The summed E-state index contributed by atoms with van der Waals surface area (Å²) in [6.45, 7) is 2.50. The van der Waals surface area contributed by atoms with Gasteiger partial charge in [0, 0.05) is 30.4 Å². The second-order valence-electron chi connectivity index (χ2n) is 9.01. The predicted molar refractivity (Wildman–Crippen MR) is 131 cm³/mol. The first kappa shape index (κ1) is 27.4. The van der Waals surface area contributed by atoms with E-state index < -0.39 is 23.2 Å². The number of aliphatic hydroxyl groups is 2. The number of amides is 1. The average molecular weight is 533 g/mol. The van der Waals surface area contributed by atoms with Crippen molar-refractivity contribution in [2.75, 3.05) is 38.4 Å². The average Bonchev–Trinajstić information content (AvgIpc) is 2.92. The van der Waals surface area contributed by atoms with Gasteiger partial charge in [-0.2, -0.15) is 18.3 Å². The van der Waals surface area contributed by atoms with Crippen molar-refractivity contribution in [1.82, 2.24) is 15.2 Å². The zero-order valence-corrected chi connectivity index (χ0v) is 20.6. The molecule has 2 aromatic heterocycles. The van der Waals surface area contributed by atoms with Crippen molar-refractivity contribution in [3.05, 3.63) is 65.1 Å². The third-order valence-electron chi connectivity index (χ3n) is 6.45. The van der Waals surface area contributed by atoms with E-state index in [1.165, 1.54) is 0 Å². The summed E-state index contributed by atoms with van der Waals surface area (Å²) in [5.41, 5.74) is 1.04. The molecule has 4 rings (SSSR count). The minimum Gasteiger partial charge on any atom is -0.475 e. The highest BCUT2D eigenvalue weighted by atomic mass is 19.4. The Bertz CT molecular complexity index is 1300. The highest BCUT2D eigenvalue weighted by Gasteiger charge is 2.36. The van der Waals surface area contributed by atoms with Crippen LogP contribution >= 0.6 is 0 Å². The molecule has 3 N–H and O–H groups in total. The maximum Gasteiger partial charge on any atom is 0.435 e. The van der Waals surface area contributed by atoms with E-state index >= 15 is 0 Å². The molecule has 202 valence electrons. The Morgan fingerprint density at radius 1 is 1.16 bits per heavy atom. The van der Waals surface area contributed by atoms with Gasteiger partial charge in [-0.3, -0.25) is 4.79 Å². The highest BCUT2D eigenvalue weighted by Crippen LogP contribution is 2.38. The van der Waals surface area contributed by atoms with E-state index in [1.807, 2.05) is 13.0 Å². The number of hydrogen-bond acceptors (Lipinski definition) is 8. The summed E-state index contributed by atoms with van der Waals surface area (Å²) in [5, 5.41) is 28.5.